The maximum atomic E-state index is 13.0. The van der Waals surface area contributed by atoms with E-state index in [-0.39, 0.29) is 18.2 Å². The predicted octanol–water partition coefficient (Wildman–Crippen LogP) is 2.61. The molecule has 0 saturated carbocycles. The van der Waals surface area contributed by atoms with Crippen LogP contribution in [0.1, 0.15) is 29.2 Å². The molecule has 2 rings (SSSR count). The van der Waals surface area contributed by atoms with Gasteiger partial charge in [-0.15, -0.1) is 0 Å². The van der Waals surface area contributed by atoms with Gasteiger partial charge in [0.05, 0.1) is 0 Å². The molecule has 0 bridgehead atoms. The molecule has 5 heteroatoms. The maximum absolute atomic E-state index is 13.0. The summed E-state index contributed by atoms with van der Waals surface area (Å²) < 4.78 is 26.0. The first-order valence-electron chi connectivity index (χ1n) is 7.02. The highest BCUT2D eigenvalue weighted by atomic mass is 19.3. The van der Waals surface area contributed by atoms with Crippen molar-refractivity contribution in [2.45, 2.75) is 32.7 Å². The van der Waals surface area contributed by atoms with E-state index in [0.717, 1.165) is 42.9 Å². The van der Waals surface area contributed by atoms with Crippen molar-refractivity contribution in [2.75, 3.05) is 26.2 Å². The molecule has 1 atom stereocenters. The lowest BCUT2D eigenvalue weighted by Crippen LogP contribution is -2.45. The fraction of sp³-hybridized carbons (Fsp3) is 0.600. The number of halogens is 2. The molecule has 1 saturated heterocycles. The zero-order valence-electron chi connectivity index (χ0n) is 12.0. The summed E-state index contributed by atoms with van der Waals surface area (Å²) in [5, 5.41) is 12.9. The minimum atomic E-state index is -2.33. The molecule has 0 aromatic heterocycles. The lowest BCUT2D eigenvalue weighted by molar-refractivity contribution is 0.0734. The van der Waals surface area contributed by atoms with Crippen LogP contribution in [0.25, 0.3) is 0 Å². The average Bonchev–Trinajstić information content (AvgIpc) is 2.37. The van der Waals surface area contributed by atoms with E-state index in [4.69, 9.17) is 0 Å². The quantitative estimate of drug-likeness (QED) is 0.892. The van der Waals surface area contributed by atoms with Gasteiger partial charge in [-0.05, 0) is 42.7 Å². The van der Waals surface area contributed by atoms with Crippen LogP contribution in [0.4, 0.5) is 8.78 Å². The molecule has 112 valence electrons. The van der Waals surface area contributed by atoms with Crippen LogP contribution in [0.3, 0.4) is 0 Å². The van der Waals surface area contributed by atoms with Crippen LogP contribution >= 0.6 is 0 Å². The fourth-order valence-corrected chi connectivity index (χ4v) is 3.09. The van der Waals surface area contributed by atoms with E-state index in [2.05, 4.69) is 10.2 Å². The molecule has 1 fully saturated rings. The molecule has 1 aliphatic heterocycles. The molecule has 1 aliphatic rings. The number of rotatable bonds is 4. The summed E-state index contributed by atoms with van der Waals surface area (Å²) in [6.07, 6.45) is -2.49. The Morgan fingerprint density at radius 2 is 1.75 bits per heavy atom. The van der Waals surface area contributed by atoms with Gasteiger partial charge in [-0.2, -0.15) is 0 Å². The summed E-state index contributed by atoms with van der Waals surface area (Å²) in [5.41, 5.74) is 2.70. The smallest absolute Gasteiger partial charge is 0.240 e. The standard InChI is InChI=1S/C15H22F2N2O/c1-10-7-12(20)8-11(2)15(10)13(9-14(16)17)19-5-3-18-4-6-19/h7-8,13-14,18,20H,3-6,9H2,1-2H3/t13-/m0/s1. The summed E-state index contributed by atoms with van der Waals surface area (Å²) in [7, 11) is 0. The van der Waals surface area contributed by atoms with Gasteiger partial charge in [-0.25, -0.2) is 8.78 Å². The molecule has 20 heavy (non-hydrogen) atoms. The minimum Gasteiger partial charge on any atom is -0.508 e. The lowest BCUT2D eigenvalue weighted by Gasteiger charge is -2.36. The molecule has 2 N–H and O–H groups in total. The van der Waals surface area contributed by atoms with Crippen LogP contribution in [-0.4, -0.2) is 42.6 Å². The van der Waals surface area contributed by atoms with E-state index in [9.17, 15) is 13.9 Å². The van der Waals surface area contributed by atoms with Crippen molar-refractivity contribution in [1.29, 1.82) is 0 Å². The molecule has 0 amide bonds. The van der Waals surface area contributed by atoms with Crippen LogP contribution < -0.4 is 5.32 Å². The van der Waals surface area contributed by atoms with Gasteiger partial charge in [0, 0.05) is 38.6 Å². The number of aryl methyl sites for hydroxylation is 2. The Kier molecular flexibility index (Phi) is 4.94. The van der Waals surface area contributed by atoms with Crippen molar-refractivity contribution in [3.05, 3.63) is 28.8 Å². The van der Waals surface area contributed by atoms with E-state index >= 15 is 0 Å². The van der Waals surface area contributed by atoms with Gasteiger partial charge in [0.2, 0.25) is 6.43 Å². The SMILES string of the molecule is Cc1cc(O)cc(C)c1[C@H](CC(F)F)N1CCNCC1. The van der Waals surface area contributed by atoms with Crippen LogP contribution in [0.15, 0.2) is 12.1 Å². The first kappa shape index (κ1) is 15.2. The number of piperazine rings is 1. The van der Waals surface area contributed by atoms with Gasteiger partial charge in [0.1, 0.15) is 5.75 Å². The van der Waals surface area contributed by atoms with Gasteiger partial charge in [0.25, 0.3) is 0 Å². The summed E-state index contributed by atoms with van der Waals surface area (Å²) >= 11 is 0. The van der Waals surface area contributed by atoms with Crippen molar-refractivity contribution in [2.24, 2.45) is 0 Å². The van der Waals surface area contributed by atoms with Gasteiger partial charge in [-0.1, -0.05) is 0 Å². The molecule has 1 aromatic rings. The Labute approximate surface area is 118 Å². The normalized spacial score (nSPS) is 18.4. The molecule has 0 spiro atoms. The second kappa shape index (κ2) is 6.50. The Hall–Kier alpha value is -1.20. The van der Waals surface area contributed by atoms with Crippen LogP contribution in [-0.2, 0) is 0 Å². The Morgan fingerprint density at radius 3 is 2.25 bits per heavy atom. The van der Waals surface area contributed by atoms with E-state index in [1.54, 1.807) is 12.1 Å². The molecule has 0 aliphatic carbocycles. The minimum absolute atomic E-state index is 0.160. The third-order valence-corrected chi connectivity index (χ3v) is 3.91. The summed E-state index contributed by atoms with van der Waals surface area (Å²) in [6.45, 7) is 6.96. The van der Waals surface area contributed by atoms with Crippen LogP contribution in [0.2, 0.25) is 0 Å². The van der Waals surface area contributed by atoms with Gasteiger partial charge in [-0.3, -0.25) is 4.90 Å². The number of hydrogen-bond acceptors (Lipinski definition) is 3. The molecular weight excluding hydrogens is 262 g/mol. The van der Waals surface area contributed by atoms with Crippen molar-refractivity contribution in [3.8, 4) is 5.75 Å². The molecule has 0 radical (unpaired) electrons. The summed E-state index contributed by atoms with van der Waals surface area (Å²) in [5.74, 6) is 0.194. The lowest BCUT2D eigenvalue weighted by atomic mass is 9.92. The third-order valence-electron chi connectivity index (χ3n) is 3.91. The molecule has 1 heterocycles. The number of phenolic OH excluding ortho intramolecular Hbond substituents is 1. The number of aromatic hydroxyl groups is 1. The second-order valence-corrected chi connectivity index (χ2v) is 5.42. The first-order valence-corrected chi connectivity index (χ1v) is 7.02. The Bertz CT molecular complexity index is 436. The van der Waals surface area contributed by atoms with E-state index in [1.807, 2.05) is 13.8 Å². The molecular formula is C15H22F2N2O. The summed E-state index contributed by atoms with van der Waals surface area (Å²) in [6, 6.07) is 3.03. The number of hydrogen-bond donors (Lipinski definition) is 2. The fourth-order valence-electron chi connectivity index (χ4n) is 3.09. The Balaban J connectivity index is 2.35. The van der Waals surface area contributed by atoms with Crippen LogP contribution in [0, 0.1) is 13.8 Å². The zero-order valence-corrected chi connectivity index (χ0v) is 12.0. The predicted molar refractivity (Wildman–Crippen MR) is 75.4 cm³/mol. The van der Waals surface area contributed by atoms with Gasteiger partial charge in [0.15, 0.2) is 0 Å². The van der Waals surface area contributed by atoms with Gasteiger partial charge < -0.3 is 10.4 Å². The van der Waals surface area contributed by atoms with Gasteiger partial charge >= 0.3 is 0 Å². The van der Waals surface area contributed by atoms with Crippen LogP contribution in [0.5, 0.6) is 5.75 Å². The topological polar surface area (TPSA) is 35.5 Å². The maximum Gasteiger partial charge on any atom is 0.240 e. The number of alkyl halides is 2. The molecule has 0 unspecified atom stereocenters. The third kappa shape index (κ3) is 3.46. The van der Waals surface area contributed by atoms with Crippen molar-refractivity contribution in [1.82, 2.24) is 10.2 Å². The second-order valence-electron chi connectivity index (χ2n) is 5.42. The highest BCUT2D eigenvalue weighted by Gasteiger charge is 2.27. The van der Waals surface area contributed by atoms with Crippen molar-refractivity contribution in [3.63, 3.8) is 0 Å². The first-order chi connectivity index (χ1) is 9.49. The monoisotopic (exact) mass is 284 g/mol. The van der Waals surface area contributed by atoms with Crippen molar-refractivity contribution >= 4 is 0 Å². The number of benzene rings is 1. The number of nitrogens with zero attached hydrogens (tertiary/aromatic N) is 1. The molecule has 3 nitrogen and oxygen atoms in total. The number of phenols is 1. The highest BCUT2D eigenvalue weighted by molar-refractivity contribution is 5.42. The molecule has 1 aromatic carbocycles. The van der Waals surface area contributed by atoms with E-state index < -0.39 is 6.43 Å². The van der Waals surface area contributed by atoms with E-state index in [0.29, 0.717) is 0 Å². The zero-order chi connectivity index (χ0) is 14.7. The highest BCUT2D eigenvalue weighted by Crippen LogP contribution is 2.34. The average molecular weight is 284 g/mol. The van der Waals surface area contributed by atoms with E-state index in [1.165, 1.54) is 0 Å². The Morgan fingerprint density at radius 1 is 1.20 bits per heavy atom. The largest absolute Gasteiger partial charge is 0.508 e. The summed E-state index contributed by atoms with van der Waals surface area (Å²) in [4.78, 5) is 2.12. The number of nitrogens with one attached hydrogen (secondary N) is 1. The van der Waals surface area contributed by atoms with Crippen molar-refractivity contribution < 1.29 is 13.9 Å².